The van der Waals surface area contributed by atoms with Gasteiger partial charge in [-0.15, -0.1) is 0 Å². The first-order chi connectivity index (χ1) is 17.5. The van der Waals surface area contributed by atoms with Crippen molar-refractivity contribution in [3.63, 3.8) is 0 Å². The standard InChI is InChI=1S/C27H33N5O3S/c33-13-14-36-31-18-3-4-20(22(16-18)32-11-9-26(7-8-26)10-12-32)24(34)29-19-15-21-23(28-17-19)30-25(35)27(21)5-1-2-6-27/h3-4,15-17,31,33H,1-2,5-14H2,(H,29,34)(H,28,30,35). The van der Waals surface area contributed by atoms with Crippen LogP contribution in [0.3, 0.4) is 0 Å². The van der Waals surface area contributed by atoms with E-state index in [-0.39, 0.29) is 18.4 Å². The molecule has 2 aromatic rings. The smallest absolute Gasteiger partial charge is 0.257 e. The number of pyridine rings is 1. The number of nitrogens with one attached hydrogen (secondary N) is 3. The molecule has 9 heteroatoms. The van der Waals surface area contributed by atoms with Crippen LogP contribution in [0.25, 0.3) is 0 Å². The molecule has 8 nitrogen and oxygen atoms in total. The molecule has 2 amide bonds. The van der Waals surface area contributed by atoms with E-state index in [1.165, 1.54) is 37.6 Å². The number of piperidine rings is 1. The van der Waals surface area contributed by atoms with Gasteiger partial charge in [0.05, 0.1) is 35.2 Å². The average molecular weight is 508 g/mol. The minimum Gasteiger partial charge on any atom is -0.395 e. The summed E-state index contributed by atoms with van der Waals surface area (Å²) >= 11 is 1.45. The van der Waals surface area contributed by atoms with Crippen molar-refractivity contribution in [1.82, 2.24) is 4.98 Å². The highest BCUT2D eigenvalue weighted by Crippen LogP contribution is 2.54. The topological polar surface area (TPSA) is 107 Å². The third kappa shape index (κ3) is 4.22. The van der Waals surface area contributed by atoms with Crippen LogP contribution in [-0.2, 0) is 10.2 Å². The van der Waals surface area contributed by atoms with Gasteiger partial charge in [-0.2, -0.15) is 0 Å². The number of carbonyl (C=O) groups excluding carboxylic acids is 2. The predicted molar refractivity (Wildman–Crippen MR) is 144 cm³/mol. The van der Waals surface area contributed by atoms with E-state index in [1.54, 1.807) is 6.20 Å². The van der Waals surface area contributed by atoms with Crippen LogP contribution < -0.4 is 20.3 Å². The molecule has 1 saturated heterocycles. The molecular formula is C27H33N5O3S. The van der Waals surface area contributed by atoms with Gasteiger partial charge in [0.1, 0.15) is 5.82 Å². The molecule has 3 heterocycles. The van der Waals surface area contributed by atoms with Crippen LogP contribution >= 0.6 is 11.9 Å². The Hall–Kier alpha value is -2.78. The Morgan fingerprint density at radius 1 is 1.08 bits per heavy atom. The molecule has 36 heavy (non-hydrogen) atoms. The van der Waals surface area contributed by atoms with Gasteiger partial charge in [0, 0.05) is 30.1 Å². The molecule has 2 saturated carbocycles. The second-order valence-corrected chi connectivity index (χ2v) is 11.6. The summed E-state index contributed by atoms with van der Waals surface area (Å²) in [6, 6.07) is 7.76. The third-order valence-corrected chi connectivity index (χ3v) is 9.30. The molecule has 0 bridgehead atoms. The molecule has 4 aliphatic rings. The first kappa shape index (κ1) is 23.6. The number of hydrogen-bond donors (Lipinski definition) is 4. The normalized spacial score (nSPS) is 20.9. The lowest BCUT2D eigenvalue weighted by atomic mass is 9.81. The first-order valence-electron chi connectivity index (χ1n) is 13.0. The van der Waals surface area contributed by atoms with Crippen molar-refractivity contribution >= 4 is 46.6 Å². The molecule has 1 aromatic heterocycles. The van der Waals surface area contributed by atoms with Gasteiger partial charge in [-0.1, -0.05) is 24.8 Å². The number of amides is 2. The SMILES string of the molecule is O=C(Nc1cnc2c(c1)C1(CCCC1)C(=O)N2)c1ccc(NSCCO)cc1N1CCC2(CC1)CC2. The van der Waals surface area contributed by atoms with Gasteiger partial charge in [-0.05, 0) is 68.2 Å². The maximum atomic E-state index is 13.6. The number of aliphatic hydroxyl groups excluding tert-OH is 1. The molecule has 0 atom stereocenters. The van der Waals surface area contributed by atoms with Crippen molar-refractivity contribution < 1.29 is 14.7 Å². The number of aliphatic hydroxyl groups is 1. The summed E-state index contributed by atoms with van der Waals surface area (Å²) in [6.45, 7) is 2.00. The average Bonchev–Trinajstić information content (AvgIpc) is 3.34. The summed E-state index contributed by atoms with van der Waals surface area (Å²) in [7, 11) is 0. The number of rotatable bonds is 7. The van der Waals surface area contributed by atoms with Crippen molar-refractivity contribution in [2.45, 2.75) is 56.8 Å². The Morgan fingerprint density at radius 3 is 2.58 bits per heavy atom. The zero-order chi connectivity index (χ0) is 24.8. The highest BCUT2D eigenvalue weighted by atomic mass is 32.2. The summed E-state index contributed by atoms with van der Waals surface area (Å²) < 4.78 is 3.28. The summed E-state index contributed by atoms with van der Waals surface area (Å²) in [5, 5.41) is 15.1. The van der Waals surface area contributed by atoms with Gasteiger partial charge in [-0.25, -0.2) is 4.98 Å². The van der Waals surface area contributed by atoms with E-state index in [0.717, 1.165) is 55.7 Å². The van der Waals surface area contributed by atoms with E-state index in [1.807, 2.05) is 24.3 Å². The lowest BCUT2D eigenvalue weighted by molar-refractivity contribution is -0.120. The second kappa shape index (κ2) is 9.27. The number of anilines is 4. The molecule has 2 spiro atoms. The fourth-order valence-corrected chi connectivity index (χ4v) is 6.63. The van der Waals surface area contributed by atoms with E-state index < -0.39 is 5.41 Å². The van der Waals surface area contributed by atoms with Crippen molar-refractivity contribution in [3.05, 3.63) is 41.6 Å². The number of aromatic nitrogens is 1. The minimum absolute atomic E-state index is 0.0361. The number of nitrogens with zero attached hydrogens (tertiary/aromatic N) is 2. The second-order valence-electron chi connectivity index (χ2n) is 10.7. The number of carbonyl (C=O) groups is 2. The van der Waals surface area contributed by atoms with Crippen LogP contribution in [-0.4, -0.2) is 47.4 Å². The third-order valence-electron chi connectivity index (χ3n) is 8.53. The monoisotopic (exact) mass is 507 g/mol. The molecule has 0 radical (unpaired) electrons. The molecule has 1 aromatic carbocycles. The number of hydrogen-bond acceptors (Lipinski definition) is 7. The van der Waals surface area contributed by atoms with Gasteiger partial charge in [0.15, 0.2) is 0 Å². The van der Waals surface area contributed by atoms with Crippen LogP contribution in [0.2, 0.25) is 0 Å². The summed E-state index contributed by atoms with van der Waals surface area (Å²) in [5.74, 6) is 1.08. The lowest BCUT2D eigenvalue weighted by Crippen LogP contribution is -2.35. The highest BCUT2D eigenvalue weighted by Gasteiger charge is 2.49. The van der Waals surface area contributed by atoms with Gasteiger partial charge in [-0.3, -0.25) is 9.59 Å². The number of benzene rings is 1. The Labute approximate surface area is 215 Å². The predicted octanol–water partition coefficient (Wildman–Crippen LogP) is 4.53. The molecular weight excluding hydrogens is 474 g/mol. The van der Waals surface area contributed by atoms with Gasteiger partial charge in [0.25, 0.3) is 5.91 Å². The van der Waals surface area contributed by atoms with E-state index in [0.29, 0.717) is 28.2 Å². The van der Waals surface area contributed by atoms with Crippen LogP contribution in [0.5, 0.6) is 0 Å². The minimum atomic E-state index is -0.500. The fourth-order valence-electron chi connectivity index (χ4n) is 6.15. The molecule has 3 fully saturated rings. The lowest BCUT2D eigenvalue weighted by Gasteiger charge is -2.35. The number of fused-ring (bicyclic) bond motifs is 2. The maximum absolute atomic E-state index is 13.6. The Bertz CT molecular complexity index is 1180. The van der Waals surface area contributed by atoms with Crippen LogP contribution in [0.15, 0.2) is 30.5 Å². The van der Waals surface area contributed by atoms with Crippen molar-refractivity contribution in [2.75, 3.05) is 45.7 Å². The Morgan fingerprint density at radius 2 is 1.86 bits per heavy atom. The molecule has 2 aliphatic carbocycles. The van der Waals surface area contributed by atoms with Crippen LogP contribution in [0.1, 0.15) is 67.3 Å². The Balaban J connectivity index is 1.25. The van der Waals surface area contributed by atoms with Gasteiger partial charge < -0.3 is 25.4 Å². The van der Waals surface area contributed by atoms with E-state index in [9.17, 15) is 9.59 Å². The molecule has 2 aliphatic heterocycles. The maximum Gasteiger partial charge on any atom is 0.257 e. The summed E-state index contributed by atoms with van der Waals surface area (Å²) in [5.41, 5.74) is 4.04. The van der Waals surface area contributed by atoms with Crippen molar-refractivity contribution in [2.24, 2.45) is 5.41 Å². The van der Waals surface area contributed by atoms with Crippen LogP contribution in [0, 0.1) is 5.41 Å². The van der Waals surface area contributed by atoms with E-state index in [2.05, 4.69) is 25.2 Å². The summed E-state index contributed by atoms with van der Waals surface area (Å²) in [6.07, 6.45) is 10.3. The molecule has 190 valence electrons. The zero-order valence-corrected chi connectivity index (χ0v) is 21.3. The van der Waals surface area contributed by atoms with E-state index in [4.69, 9.17) is 5.11 Å². The largest absolute Gasteiger partial charge is 0.395 e. The van der Waals surface area contributed by atoms with Gasteiger partial charge >= 0.3 is 0 Å². The van der Waals surface area contributed by atoms with Gasteiger partial charge in [0.2, 0.25) is 5.91 Å². The quantitative estimate of drug-likeness (QED) is 0.322. The molecule has 6 rings (SSSR count). The molecule has 0 unspecified atom stereocenters. The molecule has 4 N–H and O–H groups in total. The van der Waals surface area contributed by atoms with Crippen molar-refractivity contribution in [1.29, 1.82) is 0 Å². The fraction of sp³-hybridized carbons (Fsp3) is 0.519. The van der Waals surface area contributed by atoms with Crippen molar-refractivity contribution in [3.8, 4) is 0 Å². The zero-order valence-electron chi connectivity index (χ0n) is 20.4. The Kier molecular flexibility index (Phi) is 6.08. The first-order valence-corrected chi connectivity index (χ1v) is 14.0. The summed E-state index contributed by atoms with van der Waals surface area (Å²) in [4.78, 5) is 33.1. The van der Waals surface area contributed by atoms with Crippen LogP contribution in [0.4, 0.5) is 22.9 Å². The highest BCUT2D eigenvalue weighted by molar-refractivity contribution is 8.00. The van der Waals surface area contributed by atoms with E-state index >= 15 is 0 Å².